The van der Waals surface area contributed by atoms with Crippen molar-refractivity contribution in [2.45, 2.75) is 19.0 Å². The van der Waals surface area contributed by atoms with Crippen LogP contribution in [0.5, 0.6) is 0 Å². The van der Waals surface area contributed by atoms with Crippen LogP contribution in [-0.2, 0) is 9.59 Å². The molecule has 6 nitrogen and oxygen atoms in total. The first kappa shape index (κ1) is 14.5. The van der Waals surface area contributed by atoms with Crippen LogP contribution in [0.15, 0.2) is 58.9 Å². The van der Waals surface area contributed by atoms with Gasteiger partial charge in [0.25, 0.3) is 11.8 Å². The Morgan fingerprint density at radius 3 is 2.46 bits per heavy atom. The van der Waals surface area contributed by atoms with Crippen molar-refractivity contribution in [2.75, 3.05) is 9.91 Å². The zero-order valence-corrected chi connectivity index (χ0v) is 12.8. The molecule has 2 aromatic rings. The fourth-order valence-corrected chi connectivity index (χ4v) is 2.94. The summed E-state index contributed by atoms with van der Waals surface area (Å²) in [5, 5.41) is 9.13. The SMILES string of the molecule is Cc1ccc(N2C(=O)C3N=NN(c4cccc(F)c4)C3C2=O)cc1. The molecular weight excluding hydrogens is 311 g/mol. The van der Waals surface area contributed by atoms with Gasteiger partial charge in [0.15, 0.2) is 12.1 Å². The van der Waals surface area contributed by atoms with Gasteiger partial charge in [-0.1, -0.05) is 29.0 Å². The smallest absolute Gasteiger partial charge is 0.263 e. The van der Waals surface area contributed by atoms with Crippen LogP contribution < -0.4 is 9.91 Å². The first-order valence-corrected chi connectivity index (χ1v) is 7.46. The Labute approximate surface area is 137 Å². The van der Waals surface area contributed by atoms with Crippen molar-refractivity contribution in [1.82, 2.24) is 0 Å². The van der Waals surface area contributed by atoms with Crippen LogP contribution in [0.1, 0.15) is 5.56 Å². The van der Waals surface area contributed by atoms with Crippen LogP contribution in [0.3, 0.4) is 0 Å². The van der Waals surface area contributed by atoms with Crippen molar-refractivity contribution in [1.29, 1.82) is 0 Å². The first-order chi connectivity index (χ1) is 11.6. The number of nitrogens with zero attached hydrogens (tertiary/aromatic N) is 4. The minimum absolute atomic E-state index is 0.387. The molecule has 2 unspecified atom stereocenters. The summed E-state index contributed by atoms with van der Waals surface area (Å²) in [6.07, 6.45) is 0. The quantitative estimate of drug-likeness (QED) is 0.798. The van der Waals surface area contributed by atoms with Crippen molar-refractivity contribution < 1.29 is 14.0 Å². The topological polar surface area (TPSA) is 65.3 Å². The molecule has 24 heavy (non-hydrogen) atoms. The molecule has 4 rings (SSSR count). The van der Waals surface area contributed by atoms with Crippen LogP contribution >= 0.6 is 0 Å². The lowest BCUT2D eigenvalue weighted by atomic mass is 10.1. The fraction of sp³-hybridized carbons (Fsp3) is 0.176. The van der Waals surface area contributed by atoms with E-state index in [2.05, 4.69) is 10.3 Å². The van der Waals surface area contributed by atoms with Gasteiger partial charge >= 0.3 is 0 Å². The number of imide groups is 1. The predicted octanol–water partition coefficient (Wildman–Crippen LogP) is 2.63. The monoisotopic (exact) mass is 324 g/mol. The molecule has 7 heteroatoms. The molecule has 120 valence electrons. The van der Waals surface area contributed by atoms with E-state index in [-0.39, 0.29) is 0 Å². The largest absolute Gasteiger partial charge is 0.271 e. The van der Waals surface area contributed by atoms with Gasteiger partial charge in [-0.15, -0.1) is 0 Å². The molecular formula is C17H13FN4O2. The summed E-state index contributed by atoms with van der Waals surface area (Å²) in [7, 11) is 0. The molecule has 0 saturated carbocycles. The lowest BCUT2D eigenvalue weighted by molar-refractivity contribution is -0.121. The third-order valence-electron chi connectivity index (χ3n) is 4.15. The van der Waals surface area contributed by atoms with Crippen LogP contribution in [0, 0.1) is 12.7 Å². The first-order valence-electron chi connectivity index (χ1n) is 7.46. The minimum atomic E-state index is -0.901. The van der Waals surface area contributed by atoms with E-state index in [1.807, 2.05) is 19.1 Å². The van der Waals surface area contributed by atoms with Crippen LogP contribution in [0.2, 0.25) is 0 Å². The Hall–Kier alpha value is -3.09. The Morgan fingerprint density at radius 2 is 1.75 bits per heavy atom. The van der Waals surface area contributed by atoms with Gasteiger partial charge in [0, 0.05) is 0 Å². The second kappa shape index (κ2) is 5.23. The summed E-state index contributed by atoms with van der Waals surface area (Å²) in [4.78, 5) is 26.5. The van der Waals surface area contributed by atoms with Gasteiger partial charge < -0.3 is 0 Å². The molecule has 0 spiro atoms. The van der Waals surface area contributed by atoms with Gasteiger partial charge in [0.05, 0.1) is 11.4 Å². The number of amides is 2. The summed E-state index contributed by atoms with van der Waals surface area (Å²) >= 11 is 0. The van der Waals surface area contributed by atoms with Crippen molar-refractivity contribution in [3.63, 3.8) is 0 Å². The third-order valence-corrected chi connectivity index (χ3v) is 4.15. The van der Waals surface area contributed by atoms with Gasteiger partial charge in [-0.25, -0.2) is 14.3 Å². The number of rotatable bonds is 2. The number of carbonyl (C=O) groups excluding carboxylic acids is 2. The van der Waals surface area contributed by atoms with E-state index < -0.39 is 29.7 Å². The van der Waals surface area contributed by atoms with Crippen molar-refractivity contribution in [2.24, 2.45) is 10.3 Å². The molecule has 2 amide bonds. The van der Waals surface area contributed by atoms with Gasteiger partial charge in [0.1, 0.15) is 5.82 Å². The third kappa shape index (κ3) is 2.09. The molecule has 0 aliphatic carbocycles. The highest BCUT2D eigenvalue weighted by Gasteiger charge is 2.55. The number of fused-ring (bicyclic) bond motifs is 1. The second-order valence-corrected chi connectivity index (χ2v) is 5.77. The molecule has 2 atom stereocenters. The number of carbonyl (C=O) groups is 2. The molecule has 0 N–H and O–H groups in total. The second-order valence-electron chi connectivity index (χ2n) is 5.77. The van der Waals surface area contributed by atoms with E-state index in [1.165, 1.54) is 23.2 Å². The van der Waals surface area contributed by atoms with Gasteiger partial charge in [-0.05, 0) is 37.3 Å². The molecule has 0 bridgehead atoms. The lowest BCUT2D eigenvalue weighted by Crippen LogP contribution is -2.39. The number of benzene rings is 2. The summed E-state index contributed by atoms with van der Waals surface area (Å²) < 4.78 is 13.5. The highest BCUT2D eigenvalue weighted by Crippen LogP contribution is 2.34. The summed E-state index contributed by atoms with van der Waals surface area (Å²) in [6.45, 7) is 1.92. The normalized spacial score (nSPS) is 22.4. The number of anilines is 2. The molecule has 0 radical (unpaired) electrons. The Balaban J connectivity index is 1.70. The Bertz CT molecular complexity index is 865. The van der Waals surface area contributed by atoms with Crippen LogP contribution in [-0.4, -0.2) is 23.9 Å². The van der Waals surface area contributed by atoms with Gasteiger partial charge in [-0.2, -0.15) is 5.11 Å². The molecule has 2 aromatic carbocycles. The molecule has 2 aliphatic rings. The molecule has 2 heterocycles. The van der Waals surface area contributed by atoms with E-state index in [0.717, 1.165) is 10.5 Å². The van der Waals surface area contributed by atoms with Crippen LogP contribution in [0.4, 0.5) is 15.8 Å². The van der Waals surface area contributed by atoms with Gasteiger partial charge in [-0.3, -0.25) is 9.59 Å². The zero-order chi connectivity index (χ0) is 16.8. The minimum Gasteiger partial charge on any atom is -0.271 e. The predicted molar refractivity (Wildman–Crippen MR) is 85.0 cm³/mol. The summed E-state index contributed by atoms with van der Waals surface area (Å²) in [5.41, 5.74) is 1.91. The fourth-order valence-electron chi connectivity index (χ4n) is 2.94. The number of aryl methyl sites for hydroxylation is 1. The van der Waals surface area contributed by atoms with Gasteiger partial charge in [0.2, 0.25) is 0 Å². The zero-order valence-electron chi connectivity index (χ0n) is 12.8. The number of halogens is 1. The average Bonchev–Trinajstić information content (AvgIpc) is 3.10. The van der Waals surface area contributed by atoms with E-state index in [4.69, 9.17) is 0 Å². The van der Waals surface area contributed by atoms with Crippen LogP contribution in [0.25, 0.3) is 0 Å². The number of hydrogen-bond donors (Lipinski definition) is 0. The maximum Gasteiger partial charge on any atom is 0.263 e. The highest BCUT2D eigenvalue weighted by atomic mass is 19.1. The molecule has 1 fully saturated rings. The van der Waals surface area contributed by atoms with E-state index in [9.17, 15) is 14.0 Å². The van der Waals surface area contributed by atoms with Crippen molar-refractivity contribution in [3.8, 4) is 0 Å². The number of hydrogen-bond acceptors (Lipinski definition) is 5. The molecule has 1 saturated heterocycles. The maximum atomic E-state index is 13.5. The van der Waals surface area contributed by atoms with Crippen molar-refractivity contribution >= 4 is 23.2 Å². The lowest BCUT2D eigenvalue weighted by Gasteiger charge is -2.20. The Morgan fingerprint density at radius 1 is 1.00 bits per heavy atom. The Kier molecular flexibility index (Phi) is 3.16. The highest BCUT2D eigenvalue weighted by molar-refractivity contribution is 6.26. The average molecular weight is 324 g/mol. The summed E-state index contributed by atoms with van der Waals surface area (Å²) in [6, 6.07) is 11.0. The van der Waals surface area contributed by atoms with E-state index in [1.54, 1.807) is 18.2 Å². The summed E-state index contributed by atoms with van der Waals surface area (Å²) in [5.74, 6) is -1.28. The molecule has 0 aromatic heterocycles. The maximum absolute atomic E-state index is 13.5. The van der Waals surface area contributed by atoms with Crippen molar-refractivity contribution in [3.05, 3.63) is 59.9 Å². The standard InChI is InChI=1S/C17H13FN4O2/c1-10-5-7-12(8-6-10)21-16(23)14-15(17(21)24)22(20-19-14)13-4-2-3-11(18)9-13/h2-9,14-15H,1H3. The van der Waals surface area contributed by atoms with E-state index in [0.29, 0.717) is 11.4 Å². The molecule has 2 aliphatic heterocycles. The van der Waals surface area contributed by atoms with E-state index >= 15 is 0 Å².